The molecule has 0 spiro atoms. The number of rotatable bonds is 5. The van der Waals surface area contributed by atoms with Gasteiger partial charge in [0, 0.05) is 30.9 Å². The van der Waals surface area contributed by atoms with E-state index in [1.54, 1.807) is 13.0 Å². The molecule has 2 atom stereocenters. The summed E-state index contributed by atoms with van der Waals surface area (Å²) in [6.07, 6.45) is 2.89. The molecule has 4 nitrogen and oxygen atoms in total. The first-order valence-electron chi connectivity index (χ1n) is 7.74. The first-order valence-corrected chi connectivity index (χ1v) is 7.74. The van der Waals surface area contributed by atoms with Gasteiger partial charge in [0.25, 0.3) is 0 Å². The number of hydrogen-bond donors (Lipinski definition) is 1. The molecular formula is C17H24N2O2. The molecule has 21 heavy (non-hydrogen) atoms. The number of piperidine rings is 1. The van der Waals surface area contributed by atoms with Gasteiger partial charge in [0.15, 0.2) is 0 Å². The van der Waals surface area contributed by atoms with Crippen LogP contribution in [0, 0.1) is 11.3 Å². The van der Waals surface area contributed by atoms with Gasteiger partial charge in [-0.15, -0.1) is 0 Å². The minimum atomic E-state index is -0.537. The van der Waals surface area contributed by atoms with Gasteiger partial charge in [-0.05, 0) is 38.3 Å². The lowest BCUT2D eigenvalue weighted by Crippen LogP contribution is -2.40. The molecule has 0 bridgehead atoms. The predicted octanol–water partition coefficient (Wildman–Crippen LogP) is 3.01. The van der Waals surface area contributed by atoms with E-state index in [-0.39, 0.29) is 6.10 Å². The minimum Gasteiger partial charge on any atom is -0.389 e. The van der Waals surface area contributed by atoms with E-state index >= 15 is 0 Å². The molecule has 0 radical (unpaired) electrons. The lowest BCUT2D eigenvalue weighted by molar-refractivity contribution is 0.0439. The largest absolute Gasteiger partial charge is 0.389 e. The van der Waals surface area contributed by atoms with Crippen molar-refractivity contribution in [2.75, 3.05) is 24.6 Å². The van der Waals surface area contributed by atoms with Crippen LogP contribution in [0.2, 0.25) is 0 Å². The van der Waals surface area contributed by atoms with Crippen LogP contribution in [0.5, 0.6) is 0 Å². The molecule has 1 aromatic rings. The summed E-state index contributed by atoms with van der Waals surface area (Å²) in [5.74, 6) is 0. The number of aliphatic hydroxyl groups excluding tert-OH is 1. The molecule has 1 unspecified atom stereocenters. The maximum absolute atomic E-state index is 9.97. The standard InChI is InChI=1S/C17H24N2O2/c1-3-9-21-15-5-4-8-19(12-15)17-10-14(11-18)6-7-16(17)13(2)20/h6-7,10,13,15,20H,3-5,8-9,12H2,1-2H3/t13-,15?/m0/s1. The Labute approximate surface area is 127 Å². The molecule has 1 saturated heterocycles. The van der Waals surface area contributed by atoms with Crippen molar-refractivity contribution < 1.29 is 9.84 Å². The Hall–Kier alpha value is -1.57. The van der Waals surface area contributed by atoms with Crippen LogP contribution in [0.25, 0.3) is 0 Å². The van der Waals surface area contributed by atoms with Gasteiger partial charge in [-0.3, -0.25) is 0 Å². The van der Waals surface area contributed by atoms with Crippen molar-refractivity contribution in [3.63, 3.8) is 0 Å². The van der Waals surface area contributed by atoms with Crippen LogP contribution in [-0.2, 0) is 4.74 Å². The number of benzene rings is 1. The van der Waals surface area contributed by atoms with Gasteiger partial charge in [0.05, 0.1) is 23.8 Å². The molecule has 1 heterocycles. The number of nitrogens with zero attached hydrogens (tertiary/aromatic N) is 2. The maximum Gasteiger partial charge on any atom is 0.0992 e. The Morgan fingerprint density at radius 3 is 3.00 bits per heavy atom. The average molecular weight is 288 g/mol. The molecule has 0 amide bonds. The van der Waals surface area contributed by atoms with Gasteiger partial charge in [0.2, 0.25) is 0 Å². The van der Waals surface area contributed by atoms with Crippen LogP contribution >= 0.6 is 0 Å². The van der Waals surface area contributed by atoms with E-state index in [1.165, 1.54) is 0 Å². The molecule has 1 fully saturated rings. The molecule has 0 aromatic heterocycles. The van der Waals surface area contributed by atoms with Crippen LogP contribution in [0.3, 0.4) is 0 Å². The van der Waals surface area contributed by atoms with Gasteiger partial charge in [-0.25, -0.2) is 0 Å². The lowest BCUT2D eigenvalue weighted by Gasteiger charge is -2.36. The quantitative estimate of drug-likeness (QED) is 0.905. The normalized spacial score (nSPS) is 20.1. The van der Waals surface area contributed by atoms with Crippen LogP contribution in [-0.4, -0.2) is 30.9 Å². The Balaban J connectivity index is 2.21. The highest BCUT2D eigenvalue weighted by atomic mass is 16.5. The number of hydrogen-bond acceptors (Lipinski definition) is 4. The van der Waals surface area contributed by atoms with Crippen molar-refractivity contribution in [1.29, 1.82) is 5.26 Å². The van der Waals surface area contributed by atoms with Gasteiger partial charge in [-0.1, -0.05) is 13.0 Å². The second kappa shape index (κ2) is 7.44. The van der Waals surface area contributed by atoms with E-state index < -0.39 is 6.10 Å². The summed E-state index contributed by atoms with van der Waals surface area (Å²) in [7, 11) is 0. The number of nitriles is 1. The number of anilines is 1. The molecule has 1 aliphatic rings. The summed E-state index contributed by atoms with van der Waals surface area (Å²) in [6, 6.07) is 7.68. The highest BCUT2D eigenvalue weighted by Gasteiger charge is 2.23. The topological polar surface area (TPSA) is 56.5 Å². The monoisotopic (exact) mass is 288 g/mol. The summed E-state index contributed by atoms with van der Waals surface area (Å²) in [5, 5.41) is 19.1. The Bertz CT molecular complexity index is 508. The van der Waals surface area contributed by atoms with E-state index in [4.69, 9.17) is 10.00 Å². The summed E-state index contributed by atoms with van der Waals surface area (Å²) >= 11 is 0. The fourth-order valence-electron chi connectivity index (χ4n) is 2.82. The molecule has 0 aliphatic carbocycles. The van der Waals surface area contributed by atoms with Crippen molar-refractivity contribution in [2.24, 2.45) is 0 Å². The predicted molar refractivity (Wildman–Crippen MR) is 83.3 cm³/mol. The molecule has 4 heteroatoms. The first kappa shape index (κ1) is 15.8. The van der Waals surface area contributed by atoms with E-state index in [9.17, 15) is 5.11 Å². The SMILES string of the molecule is CCCOC1CCCN(c2cc(C#N)ccc2[C@H](C)O)C1. The zero-order valence-corrected chi connectivity index (χ0v) is 12.9. The smallest absolute Gasteiger partial charge is 0.0992 e. The van der Waals surface area contributed by atoms with E-state index in [0.717, 1.165) is 50.2 Å². The highest BCUT2D eigenvalue weighted by molar-refractivity contribution is 5.58. The maximum atomic E-state index is 9.97. The third-order valence-corrected chi connectivity index (χ3v) is 3.89. The zero-order valence-electron chi connectivity index (χ0n) is 12.9. The van der Waals surface area contributed by atoms with Crippen molar-refractivity contribution >= 4 is 5.69 Å². The van der Waals surface area contributed by atoms with Crippen LogP contribution in [0.1, 0.15) is 50.3 Å². The van der Waals surface area contributed by atoms with Crippen molar-refractivity contribution in [1.82, 2.24) is 0 Å². The summed E-state index contributed by atoms with van der Waals surface area (Å²) in [6.45, 7) is 6.44. The Morgan fingerprint density at radius 2 is 2.33 bits per heavy atom. The fourth-order valence-corrected chi connectivity index (χ4v) is 2.82. The van der Waals surface area contributed by atoms with Gasteiger partial charge in [0.1, 0.15) is 0 Å². The minimum absolute atomic E-state index is 0.242. The third kappa shape index (κ3) is 3.96. The van der Waals surface area contributed by atoms with Gasteiger partial charge in [-0.2, -0.15) is 5.26 Å². The van der Waals surface area contributed by atoms with Crippen LogP contribution in [0.15, 0.2) is 18.2 Å². The summed E-state index contributed by atoms with van der Waals surface area (Å²) < 4.78 is 5.87. The Morgan fingerprint density at radius 1 is 1.52 bits per heavy atom. The van der Waals surface area contributed by atoms with Crippen molar-refractivity contribution in [3.05, 3.63) is 29.3 Å². The lowest BCUT2D eigenvalue weighted by atomic mass is 10.0. The van der Waals surface area contributed by atoms with Gasteiger partial charge >= 0.3 is 0 Å². The van der Waals surface area contributed by atoms with Gasteiger partial charge < -0.3 is 14.7 Å². The van der Waals surface area contributed by atoms with E-state index in [2.05, 4.69) is 17.9 Å². The first-order chi connectivity index (χ1) is 10.2. The van der Waals surface area contributed by atoms with E-state index in [0.29, 0.717) is 5.56 Å². The molecule has 2 rings (SSSR count). The molecule has 1 N–H and O–H groups in total. The zero-order chi connectivity index (χ0) is 15.2. The summed E-state index contributed by atoms with van der Waals surface area (Å²) in [5.41, 5.74) is 2.48. The molecule has 1 aromatic carbocycles. The number of ether oxygens (including phenoxy) is 1. The fraction of sp³-hybridized carbons (Fsp3) is 0.588. The Kier molecular flexibility index (Phi) is 5.60. The van der Waals surface area contributed by atoms with E-state index in [1.807, 2.05) is 12.1 Å². The second-order valence-corrected chi connectivity index (χ2v) is 5.64. The average Bonchev–Trinajstić information content (AvgIpc) is 2.52. The molecule has 114 valence electrons. The van der Waals surface area contributed by atoms with Crippen molar-refractivity contribution in [3.8, 4) is 6.07 Å². The molecule has 1 aliphatic heterocycles. The third-order valence-electron chi connectivity index (χ3n) is 3.89. The highest BCUT2D eigenvalue weighted by Crippen LogP contribution is 2.30. The second-order valence-electron chi connectivity index (χ2n) is 5.64. The van der Waals surface area contributed by atoms with Crippen LogP contribution in [0.4, 0.5) is 5.69 Å². The van der Waals surface area contributed by atoms with Crippen molar-refractivity contribution in [2.45, 2.75) is 45.3 Å². The molecule has 0 saturated carbocycles. The molecular weight excluding hydrogens is 264 g/mol. The summed E-state index contributed by atoms with van der Waals surface area (Å²) in [4.78, 5) is 2.24. The number of aliphatic hydroxyl groups is 1. The van der Waals surface area contributed by atoms with Crippen LogP contribution < -0.4 is 4.90 Å².